The van der Waals surface area contributed by atoms with E-state index in [1.807, 2.05) is 0 Å². The molecule has 0 saturated heterocycles. The van der Waals surface area contributed by atoms with Crippen LogP contribution < -0.4 is 4.90 Å². The second kappa shape index (κ2) is 11.2. The van der Waals surface area contributed by atoms with Gasteiger partial charge in [0.05, 0.1) is 5.52 Å². The fourth-order valence-corrected chi connectivity index (χ4v) is 9.22. The molecule has 0 amide bonds. The molecule has 0 radical (unpaired) electrons. The third-order valence-corrected chi connectivity index (χ3v) is 11.7. The van der Waals surface area contributed by atoms with Crippen LogP contribution in [0.5, 0.6) is 0 Å². The maximum Gasteiger partial charge on any atom is 0.0538 e. The third kappa shape index (κ3) is 4.37. The van der Waals surface area contributed by atoms with Gasteiger partial charge in [-0.1, -0.05) is 137 Å². The first-order valence-corrected chi connectivity index (χ1v) is 18.4. The van der Waals surface area contributed by atoms with Gasteiger partial charge in [0.15, 0.2) is 0 Å². The fraction of sp³-hybridized carbons (Fsp3) is 0.120. The highest BCUT2D eigenvalue weighted by Gasteiger charge is 2.41. The molecule has 2 nitrogen and oxygen atoms in total. The smallest absolute Gasteiger partial charge is 0.0538 e. The van der Waals surface area contributed by atoms with Crippen molar-refractivity contribution in [1.82, 2.24) is 4.57 Å². The summed E-state index contributed by atoms with van der Waals surface area (Å²) in [7, 11) is 0. The van der Waals surface area contributed by atoms with E-state index >= 15 is 0 Å². The number of para-hydroxylation sites is 3. The zero-order valence-corrected chi connectivity index (χ0v) is 30.1. The zero-order valence-electron chi connectivity index (χ0n) is 30.1. The lowest BCUT2D eigenvalue weighted by molar-refractivity contribution is 0.624. The Hall–Kier alpha value is -6.12. The second-order valence-corrected chi connectivity index (χ2v) is 15.4. The maximum absolute atomic E-state index is 2.49. The van der Waals surface area contributed by atoms with Gasteiger partial charge in [0.1, 0.15) is 0 Å². The molecule has 0 spiro atoms. The minimum absolute atomic E-state index is 0.0751. The molecular weight excluding hydrogens is 629 g/mol. The quantitative estimate of drug-likeness (QED) is 0.177. The van der Waals surface area contributed by atoms with E-state index in [2.05, 4.69) is 207 Å². The van der Waals surface area contributed by atoms with Crippen LogP contribution in [0.1, 0.15) is 50.1 Å². The van der Waals surface area contributed by atoms with Crippen LogP contribution in [0, 0.1) is 0 Å². The van der Waals surface area contributed by atoms with E-state index in [-0.39, 0.29) is 10.8 Å². The largest absolute Gasteiger partial charge is 0.312 e. The van der Waals surface area contributed by atoms with Gasteiger partial charge < -0.3 is 9.47 Å². The van der Waals surface area contributed by atoms with Gasteiger partial charge >= 0.3 is 0 Å². The van der Waals surface area contributed by atoms with E-state index in [0.29, 0.717) is 0 Å². The Balaban J connectivity index is 1.10. The molecule has 0 aliphatic heterocycles. The molecule has 1 aromatic heterocycles. The molecule has 7 aromatic carbocycles. The van der Waals surface area contributed by atoms with Crippen molar-refractivity contribution in [3.05, 3.63) is 192 Å². The van der Waals surface area contributed by atoms with E-state index in [4.69, 9.17) is 0 Å². The number of anilines is 3. The Morgan fingerprint density at radius 3 is 1.87 bits per heavy atom. The first kappa shape index (κ1) is 30.7. The average molecular weight is 669 g/mol. The molecular formula is C50H40N2. The number of aromatic nitrogens is 1. The Labute approximate surface area is 306 Å². The molecule has 2 aliphatic rings. The Bertz CT molecular complexity index is 2680. The van der Waals surface area contributed by atoms with Crippen LogP contribution in [0.2, 0.25) is 0 Å². The molecule has 10 rings (SSSR count). The molecule has 250 valence electrons. The lowest BCUT2D eigenvalue weighted by Crippen LogP contribution is -2.20. The summed E-state index contributed by atoms with van der Waals surface area (Å²) < 4.78 is 2.49. The fourth-order valence-electron chi connectivity index (χ4n) is 9.22. The number of nitrogens with zero attached hydrogens (tertiary/aromatic N) is 2. The lowest BCUT2D eigenvalue weighted by Gasteiger charge is -2.28. The molecule has 0 bridgehead atoms. The minimum Gasteiger partial charge on any atom is -0.312 e. The van der Waals surface area contributed by atoms with E-state index in [0.717, 1.165) is 11.4 Å². The van der Waals surface area contributed by atoms with Crippen molar-refractivity contribution in [3.63, 3.8) is 0 Å². The highest BCUT2D eigenvalue weighted by atomic mass is 15.1. The van der Waals surface area contributed by atoms with Gasteiger partial charge in [0, 0.05) is 50.2 Å². The highest BCUT2D eigenvalue weighted by molar-refractivity contribution is 6.04. The van der Waals surface area contributed by atoms with Gasteiger partial charge in [-0.05, 0) is 105 Å². The SMILES string of the molecule is CC1(C)c2ccccc2-c2ccc(N(c3ccccc3)c3cccc(-c4ccc5c(c4)C(C)(C)c4c-5c5ccccc5n4-c4ccccc4)c3)cc21. The van der Waals surface area contributed by atoms with Gasteiger partial charge in [-0.2, -0.15) is 0 Å². The second-order valence-electron chi connectivity index (χ2n) is 15.4. The van der Waals surface area contributed by atoms with E-state index in [1.165, 1.54) is 78.0 Å². The molecule has 2 aliphatic carbocycles. The van der Waals surface area contributed by atoms with E-state index < -0.39 is 0 Å². The normalized spacial score (nSPS) is 14.5. The van der Waals surface area contributed by atoms with Crippen molar-refractivity contribution >= 4 is 28.0 Å². The summed E-state index contributed by atoms with van der Waals surface area (Å²) in [6, 6.07) is 62.5. The number of fused-ring (bicyclic) bond motifs is 8. The van der Waals surface area contributed by atoms with Crippen LogP contribution in [0.25, 0.3) is 50.0 Å². The first-order valence-electron chi connectivity index (χ1n) is 18.4. The molecule has 0 N–H and O–H groups in total. The van der Waals surface area contributed by atoms with Crippen molar-refractivity contribution in [1.29, 1.82) is 0 Å². The highest BCUT2D eigenvalue weighted by Crippen LogP contribution is 2.55. The minimum atomic E-state index is -0.196. The molecule has 0 fully saturated rings. The monoisotopic (exact) mass is 668 g/mol. The molecule has 8 aromatic rings. The van der Waals surface area contributed by atoms with Gasteiger partial charge in [-0.15, -0.1) is 0 Å². The predicted molar refractivity (Wildman–Crippen MR) is 219 cm³/mol. The van der Waals surface area contributed by atoms with Crippen LogP contribution >= 0.6 is 0 Å². The van der Waals surface area contributed by atoms with Crippen LogP contribution in [-0.4, -0.2) is 4.57 Å². The summed E-state index contributed by atoms with van der Waals surface area (Å²) in [5.41, 5.74) is 18.9. The Morgan fingerprint density at radius 1 is 0.423 bits per heavy atom. The van der Waals surface area contributed by atoms with Gasteiger partial charge in [0.25, 0.3) is 0 Å². The Kier molecular flexibility index (Phi) is 6.60. The summed E-state index contributed by atoms with van der Waals surface area (Å²) >= 11 is 0. The third-order valence-electron chi connectivity index (χ3n) is 11.7. The number of hydrogen-bond acceptors (Lipinski definition) is 1. The lowest BCUT2D eigenvalue weighted by atomic mass is 9.82. The summed E-state index contributed by atoms with van der Waals surface area (Å²) in [5.74, 6) is 0. The molecule has 1 heterocycles. The van der Waals surface area contributed by atoms with Crippen molar-refractivity contribution in [3.8, 4) is 39.1 Å². The van der Waals surface area contributed by atoms with Crippen LogP contribution in [-0.2, 0) is 10.8 Å². The molecule has 0 atom stereocenters. The standard InChI is InChI=1S/C50H40N2/c1-49(2)43-24-13-11-22-39(43)40-29-27-38(32-45(40)49)51(35-17-7-5-8-18-35)37-21-15-16-33(30-37)34-26-28-41-44(31-34)50(3,4)48-47(41)42-23-12-14-25-46(42)52(48)36-19-9-6-10-20-36/h5-32H,1-4H3. The summed E-state index contributed by atoms with van der Waals surface area (Å²) in [4.78, 5) is 2.41. The van der Waals surface area contributed by atoms with E-state index in [1.54, 1.807) is 0 Å². The number of benzene rings is 7. The topological polar surface area (TPSA) is 8.17 Å². The summed E-state index contributed by atoms with van der Waals surface area (Å²) in [6.45, 7) is 9.49. The van der Waals surface area contributed by atoms with Gasteiger partial charge in [0.2, 0.25) is 0 Å². The molecule has 2 heteroatoms. The average Bonchev–Trinajstić information content (AvgIpc) is 3.74. The van der Waals surface area contributed by atoms with Crippen molar-refractivity contribution in [2.24, 2.45) is 0 Å². The number of hydrogen-bond donors (Lipinski definition) is 0. The number of rotatable bonds is 5. The van der Waals surface area contributed by atoms with Crippen LogP contribution in [0.4, 0.5) is 17.1 Å². The van der Waals surface area contributed by atoms with E-state index in [9.17, 15) is 0 Å². The predicted octanol–water partition coefficient (Wildman–Crippen LogP) is 13.4. The molecule has 0 unspecified atom stereocenters. The molecule has 0 saturated carbocycles. The summed E-state index contributed by atoms with van der Waals surface area (Å²) in [6.07, 6.45) is 0. The van der Waals surface area contributed by atoms with Gasteiger partial charge in [-0.25, -0.2) is 0 Å². The Morgan fingerprint density at radius 2 is 1.04 bits per heavy atom. The van der Waals surface area contributed by atoms with Crippen LogP contribution in [0.15, 0.2) is 170 Å². The first-order chi connectivity index (χ1) is 25.3. The van der Waals surface area contributed by atoms with Crippen molar-refractivity contribution in [2.75, 3.05) is 4.90 Å². The molecule has 52 heavy (non-hydrogen) atoms. The van der Waals surface area contributed by atoms with Crippen LogP contribution in [0.3, 0.4) is 0 Å². The van der Waals surface area contributed by atoms with Crippen molar-refractivity contribution < 1.29 is 0 Å². The summed E-state index contributed by atoms with van der Waals surface area (Å²) in [5, 5.41) is 1.31. The zero-order chi connectivity index (χ0) is 35.2. The maximum atomic E-state index is 2.49. The van der Waals surface area contributed by atoms with Gasteiger partial charge in [-0.3, -0.25) is 0 Å². The van der Waals surface area contributed by atoms with Crippen molar-refractivity contribution in [2.45, 2.75) is 38.5 Å².